The standard InChI is InChI=1S/C11H14F2N2O2S/c1-15(7-11(12)13)18(16,17)10-3-2-8-5-14-6-9(8)4-10/h2-4,11,14H,5-7H2,1H3. The van der Waals surface area contributed by atoms with Crippen molar-refractivity contribution in [1.29, 1.82) is 0 Å². The van der Waals surface area contributed by atoms with Crippen molar-refractivity contribution in [1.82, 2.24) is 9.62 Å². The van der Waals surface area contributed by atoms with Gasteiger partial charge in [-0.3, -0.25) is 0 Å². The first-order valence-corrected chi connectivity index (χ1v) is 6.92. The van der Waals surface area contributed by atoms with E-state index in [1.54, 1.807) is 12.1 Å². The second-order valence-electron chi connectivity index (χ2n) is 4.21. The maximum absolute atomic E-state index is 12.2. The molecular formula is C11H14F2N2O2S. The van der Waals surface area contributed by atoms with Crippen LogP contribution in [-0.4, -0.2) is 32.7 Å². The molecule has 0 atom stereocenters. The highest BCUT2D eigenvalue weighted by molar-refractivity contribution is 7.89. The zero-order valence-corrected chi connectivity index (χ0v) is 10.7. The normalized spacial score (nSPS) is 15.4. The van der Waals surface area contributed by atoms with Crippen LogP contribution in [0.2, 0.25) is 0 Å². The zero-order chi connectivity index (χ0) is 13.3. The largest absolute Gasteiger partial charge is 0.309 e. The highest BCUT2D eigenvalue weighted by atomic mass is 32.2. The molecule has 7 heteroatoms. The molecule has 0 amide bonds. The molecule has 0 saturated heterocycles. The van der Waals surface area contributed by atoms with Crippen molar-refractivity contribution >= 4 is 10.0 Å². The number of halogens is 2. The van der Waals surface area contributed by atoms with E-state index in [4.69, 9.17) is 0 Å². The molecule has 0 aliphatic carbocycles. The van der Waals surface area contributed by atoms with E-state index >= 15 is 0 Å². The van der Waals surface area contributed by atoms with Crippen molar-refractivity contribution in [2.24, 2.45) is 0 Å². The number of hydrogen-bond donors (Lipinski definition) is 1. The Bertz CT molecular complexity index is 546. The Morgan fingerprint density at radius 2 is 2.00 bits per heavy atom. The van der Waals surface area contributed by atoms with Crippen molar-refractivity contribution in [3.8, 4) is 0 Å². The monoisotopic (exact) mass is 276 g/mol. The van der Waals surface area contributed by atoms with Crippen LogP contribution in [0.3, 0.4) is 0 Å². The Labute approximate surface area is 105 Å². The first kappa shape index (κ1) is 13.4. The molecular weight excluding hydrogens is 262 g/mol. The fourth-order valence-corrected chi connectivity index (χ4v) is 3.10. The summed E-state index contributed by atoms with van der Waals surface area (Å²) in [5.41, 5.74) is 1.95. The number of benzene rings is 1. The van der Waals surface area contributed by atoms with Gasteiger partial charge in [0.15, 0.2) is 0 Å². The number of rotatable bonds is 4. The molecule has 1 aromatic carbocycles. The lowest BCUT2D eigenvalue weighted by molar-refractivity contribution is 0.126. The third kappa shape index (κ3) is 2.52. The lowest BCUT2D eigenvalue weighted by atomic mass is 10.1. The minimum atomic E-state index is -3.83. The number of hydrogen-bond acceptors (Lipinski definition) is 3. The first-order valence-electron chi connectivity index (χ1n) is 5.48. The summed E-state index contributed by atoms with van der Waals surface area (Å²) < 4.78 is 49.2. The molecule has 4 nitrogen and oxygen atoms in total. The molecule has 0 bridgehead atoms. The molecule has 0 unspecified atom stereocenters. The molecule has 0 saturated carbocycles. The number of nitrogens with zero attached hydrogens (tertiary/aromatic N) is 1. The van der Waals surface area contributed by atoms with Gasteiger partial charge in [0.2, 0.25) is 10.0 Å². The van der Waals surface area contributed by atoms with Crippen molar-refractivity contribution in [3.05, 3.63) is 29.3 Å². The summed E-state index contributed by atoms with van der Waals surface area (Å²) in [6.07, 6.45) is -2.68. The van der Waals surface area contributed by atoms with Gasteiger partial charge in [-0.2, -0.15) is 4.31 Å². The van der Waals surface area contributed by atoms with Crippen LogP contribution < -0.4 is 5.32 Å². The molecule has 18 heavy (non-hydrogen) atoms. The van der Waals surface area contributed by atoms with Gasteiger partial charge >= 0.3 is 0 Å². The van der Waals surface area contributed by atoms with Crippen LogP contribution >= 0.6 is 0 Å². The summed E-state index contributed by atoms with van der Waals surface area (Å²) in [7, 11) is -2.67. The Balaban J connectivity index is 2.30. The second-order valence-corrected chi connectivity index (χ2v) is 6.26. The van der Waals surface area contributed by atoms with E-state index in [0.29, 0.717) is 17.4 Å². The smallest absolute Gasteiger partial charge is 0.252 e. The SMILES string of the molecule is CN(CC(F)F)S(=O)(=O)c1ccc2c(c1)CNC2. The molecule has 1 aliphatic heterocycles. The summed E-state index contributed by atoms with van der Waals surface area (Å²) in [6, 6.07) is 4.73. The summed E-state index contributed by atoms with van der Waals surface area (Å²) in [4.78, 5) is 0.0631. The predicted octanol–water partition coefficient (Wildman–Crippen LogP) is 1.18. The maximum atomic E-state index is 12.2. The first-order chi connectivity index (χ1) is 8.41. The van der Waals surface area contributed by atoms with E-state index in [0.717, 1.165) is 18.2 Å². The average molecular weight is 276 g/mol. The summed E-state index contributed by atoms with van der Waals surface area (Å²) in [5, 5.41) is 3.10. The van der Waals surface area contributed by atoms with Gasteiger partial charge in [0.05, 0.1) is 11.4 Å². The van der Waals surface area contributed by atoms with Crippen LogP contribution in [0.25, 0.3) is 0 Å². The molecule has 2 rings (SSSR count). The van der Waals surface area contributed by atoms with Gasteiger partial charge in [0.25, 0.3) is 6.43 Å². The van der Waals surface area contributed by atoms with Crippen LogP contribution in [0, 0.1) is 0 Å². The fourth-order valence-electron chi connectivity index (χ4n) is 1.90. The molecule has 0 fully saturated rings. The molecule has 0 aromatic heterocycles. The highest BCUT2D eigenvalue weighted by Crippen LogP contribution is 2.22. The topological polar surface area (TPSA) is 49.4 Å². The van der Waals surface area contributed by atoms with E-state index in [2.05, 4.69) is 5.32 Å². The van der Waals surface area contributed by atoms with Crippen LogP contribution in [0.1, 0.15) is 11.1 Å². The Morgan fingerprint density at radius 3 is 2.67 bits per heavy atom. The summed E-state index contributed by atoms with van der Waals surface area (Å²) in [5.74, 6) is 0. The molecule has 1 N–H and O–H groups in total. The minimum absolute atomic E-state index is 0.0631. The predicted molar refractivity (Wildman–Crippen MR) is 62.8 cm³/mol. The van der Waals surface area contributed by atoms with Gasteiger partial charge in [-0.25, -0.2) is 17.2 Å². The average Bonchev–Trinajstić information content (AvgIpc) is 2.74. The zero-order valence-electron chi connectivity index (χ0n) is 9.86. The van der Waals surface area contributed by atoms with Crippen LogP contribution in [-0.2, 0) is 23.1 Å². The van der Waals surface area contributed by atoms with Gasteiger partial charge in [-0.05, 0) is 23.3 Å². The molecule has 100 valence electrons. The number of sulfonamides is 1. The Kier molecular flexibility index (Phi) is 3.65. The fraction of sp³-hybridized carbons (Fsp3) is 0.455. The Hall–Kier alpha value is -1.05. The van der Waals surface area contributed by atoms with E-state index in [1.165, 1.54) is 6.07 Å². The molecule has 1 aromatic rings. The summed E-state index contributed by atoms with van der Waals surface area (Å²) in [6.45, 7) is 0.525. The lowest BCUT2D eigenvalue weighted by Gasteiger charge is -2.17. The van der Waals surface area contributed by atoms with Gasteiger partial charge in [-0.1, -0.05) is 6.07 Å². The van der Waals surface area contributed by atoms with E-state index in [1.807, 2.05) is 0 Å². The highest BCUT2D eigenvalue weighted by Gasteiger charge is 2.25. The minimum Gasteiger partial charge on any atom is -0.309 e. The van der Waals surface area contributed by atoms with Crippen LogP contribution in [0.15, 0.2) is 23.1 Å². The van der Waals surface area contributed by atoms with E-state index < -0.39 is 23.0 Å². The van der Waals surface area contributed by atoms with Crippen molar-refractivity contribution in [2.75, 3.05) is 13.6 Å². The van der Waals surface area contributed by atoms with Crippen molar-refractivity contribution in [3.63, 3.8) is 0 Å². The third-order valence-corrected chi connectivity index (χ3v) is 4.73. The van der Waals surface area contributed by atoms with Crippen molar-refractivity contribution < 1.29 is 17.2 Å². The lowest BCUT2D eigenvalue weighted by Crippen LogP contribution is -2.31. The van der Waals surface area contributed by atoms with Gasteiger partial charge in [0.1, 0.15) is 0 Å². The van der Waals surface area contributed by atoms with Gasteiger partial charge in [-0.15, -0.1) is 0 Å². The van der Waals surface area contributed by atoms with E-state index in [-0.39, 0.29) is 4.90 Å². The number of alkyl halides is 2. The van der Waals surface area contributed by atoms with Crippen LogP contribution in [0.4, 0.5) is 8.78 Å². The van der Waals surface area contributed by atoms with E-state index in [9.17, 15) is 17.2 Å². The maximum Gasteiger partial charge on any atom is 0.252 e. The quantitative estimate of drug-likeness (QED) is 0.898. The molecule has 1 aliphatic rings. The summed E-state index contributed by atoms with van der Waals surface area (Å²) >= 11 is 0. The van der Waals surface area contributed by atoms with Crippen LogP contribution in [0.5, 0.6) is 0 Å². The molecule has 0 radical (unpaired) electrons. The van der Waals surface area contributed by atoms with Gasteiger partial charge in [0, 0.05) is 20.1 Å². The number of nitrogens with one attached hydrogen (secondary N) is 1. The van der Waals surface area contributed by atoms with Gasteiger partial charge < -0.3 is 5.32 Å². The Morgan fingerprint density at radius 1 is 1.33 bits per heavy atom. The molecule has 1 heterocycles. The second kappa shape index (κ2) is 4.91. The number of fused-ring (bicyclic) bond motifs is 1. The molecule has 0 spiro atoms. The third-order valence-electron chi connectivity index (χ3n) is 2.91. The van der Waals surface area contributed by atoms with Crippen molar-refractivity contribution in [2.45, 2.75) is 24.4 Å².